The molecule has 1 aromatic carbocycles. The lowest BCUT2D eigenvalue weighted by atomic mass is 10.2. The van der Waals surface area contributed by atoms with Crippen LogP contribution in [0.2, 0.25) is 0 Å². The van der Waals surface area contributed by atoms with Gasteiger partial charge in [-0.2, -0.15) is 0 Å². The quantitative estimate of drug-likeness (QED) is 0.721. The Morgan fingerprint density at radius 3 is 2.93 bits per heavy atom. The number of aldehydes is 1. The molecule has 1 aromatic rings. The van der Waals surface area contributed by atoms with Crippen molar-refractivity contribution in [1.29, 1.82) is 0 Å². The number of rotatable bonds is 4. The van der Waals surface area contributed by atoms with Gasteiger partial charge in [0, 0.05) is 5.03 Å². The van der Waals surface area contributed by atoms with Crippen molar-refractivity contribution in [2.45, 2.75) is 0 Å². The minimum Gasteiger partial charge on any atom is -0.484 e. The summed E-state index contributed by atoms with van der Waals surface area (Å²) < 4.78 is 18.1. The molecule has 0 aromatic heterocycles. The fourth-order valence-electron chi connectivity index (χ4n) is 0.921. The van der Waals surface area contributed by atoms with Crippen molar-refractivity contribution < 1.29 is 13.9 Å². The molecule has 0 spiro atoms. The third-order valence-electron chi connectivity index (χ3n) is 1.50. The number of halogens is 2. The van der Waals surface area contributed by atoms with Crippen molar-refractivity contribution in [3.05, 3.63) is 41.2 Å². The van der Waals surface area contributed by atoms with Gasteiger partial charge in [0.05, 0.1) is 5.56 Å². The predicted octanol–water partition coefficient (Wildman–Crippen LogP) is 2.77. The van der Waals surface area contributed by atoms with Gasteiger partial charge in [0.25, 0.3) is 0 Å². The van der Waals surface area contributed by atoms with Crippen molar-refractivity contribution in [1.82, 2.24) is 0 Å². The third-order valence-corrected chi connectivity index (χ3v) is 1.61. The second-order valence-electron chi connectivity index (χ2n) is 2.58. The molecule has 0 bridgehead atoms. The van der Waals surface area contributed by atoms with Gasteiger partial charge in [0.15, 0.2) is 17.9 Å². The summed E-state index contributed by atoms with van der Waals surface area (Å²) in [4.78, 5) is 10.5. The summed E-state index contributed by atoms with van der Waals surface area (Å²) in [6.07, 6.45) is 0.523. The molecule has 0 atom stereocenters. The number of hydrogen-bond donors (Lipinski definition) is 0. The van der Waals surface area contributed by atoms with E-state index in [4.69, 9.17) is 16.3 Å². The second-order valence-corrected chi connectivity index (χ2v) is 3.12. The zero-order chi connectivity index (χ0) is 10.6. The highest BCUT2D eigenvalue weighted by atomic mass is 35.5. The molecule has 0 N–H and O–H groups in total. The number of carbonyl (C=O) groups excluding carboxylic acids is 1. The largest absolute Gasteiger partial charge is 0.484 e. The monoisotopic (exact) mass is 214 g/mol. The van der Waals surface area contributed by atoms with Crippen LogP contribution >= 0.6 is 11.6 Å². The molecule has 0 fully saturated rings. The van der Waals surface area contributed by atoms with Crippen molar-refractivity contribution >= 4 is 17.9 Å². The van der Waals surface area contributed by atoms with E-state index >= 15 is 0 Å². The van der Waals surface area contributed by atoms with Gasteiger partial charge in [-0.05, 0) is 12.1 Å². The summed E-state index contributed by atoms with van der Waals surface area (Å²) >= 11 is 5.45. The van der Waals surface area contributed by atoms with E-state index in [-0.39, 0.29) is 23.0 Å². The molecule has 0 amide bonds. The molecule has 4 heteroatoms. The minimum atomic E-state index is -0.590. The van der Waals surface area contributed by atoms with Crippen LogP contribution in [0.4, 0.5) is 4.39 Å². The summed E-state index contributed by atoms with van der Waals surface area (Å²) in [5.74, 6) is -0.684. The van der Waals surface area contributed by atoms with Crippen molar-refractivity contribution in [2.75, 3.05) is 6.61 Å². The van der Waals surface area contributed by atoms with Crippen molar-refractivity contribution in [3.63, 3.8) is 0 Å². The van der Waals surface area contributed by atoms with Gasteiger partial charge in [-0.25, -0.2) is 4.39 Å². The Kier molecular flexibility index (Phi) is 3.65. The van der Waals surface area contributed by atoms with E-state index in [1.54, 1.807) is 0 Å². The molecule has 14 heavy (non-hydrogen) atoms. The first kappa shape index (κ1) is 10.7. The third kappa shape index (κ3) is 2.57. The van der Waals surface area contributed by atoms with Gasteiger partial charge in [0.1, 0.15) is 6.61 Å². The van der Waals surface area contributed by atoms with Gasteiger partial charge in [-0.1, -0.05) is 24.2 Å². The first-order chi connectivity index (χ1) is 6.65. The Bertz CT molecular complexity index is 363. The highest BCUT2D eigenvalue weighted by Gasteiger charge is 2.08. The summed E-state index contributed by atoms with van der Waals surface area (Å²) in [7, 11) is 0. The molecular formula is C10H8ClFO2. The zero-order valence-corrected chi connectivity index (χ0v) is 8.05. The molecule has 0 radical (unpaired) electrons. The fraction of sp³-hybridized carbons (Fsp3) is 0.100. The van der Waals surface area contributed by atoms with Crippen molar-refractivity contribution in [3.8, 4) is 5.75 Å². The Balaban J connectivity index is 2.93. The van der Waals surface area contributed by atoms with Gasteiger partial charge in [-0.15, -0.1) is 0 Å². The molecule has 0 saturated heterocycles. The lowest BCUT2D eigenvalue weighted by Gasteiger charge is -2.07. The standard InChI is InChI=1S/C10H8ClFO2/c1-7(11)6-14-10-8(5-13)3-2-4-9(10)12/h2-5H,1,6H2. The van der Waals surface area contributed by atoms with Gasteiger partial charge in [-0.3, -0.25) is 4.79 Å². The number of benzene rings is 1. The maximum atomic E-state index is 13.1. The summed E-state index contributed by atoms with van der Waals surface area (Å²) in [6.45, 7) is 3.36. The van der Waals surface area contributed by atoms with Crippen LogP contribution in [0.25, 0.3) is 0 Å². The number of carbonyl (C=O) groups is 1. The van der Waals surface area contributed by atoms with Gasteiger partial charge in [0.2, 0.25) is 0 Å². The number of hydrogen-bond acceptors (Lipinski definition) is 2. The average molecular weight is 215 g/mol. The van der Waals surface area contributed by atoms with Gasteiger partial charge < -0.3 is 4.74 Å². The lowest BCUT2D eigenvalue weighted by molar-refractivity contribution is 0.111. The van der Waals surface area contributed by atoms with Gasteiger partial charge >= 0.3 is 0 Å². The molecule has 0 aliphatic rings. The highest BCUT2D eigenvalue weighted by Crippen LogP contribution is 2.21. The van der Waals surface area contributed by atoms with E-state index < -0.39 is 5.82 Å². The molecule has 0 heterocycles. The van der Waals surface area contributed by atoms with Crippen LogP contribution in [0.3, 0.4) is 0 Å². The SMILES string of the molecule is C=C(Cl)COc1c(F)cccc1C=O. The van der Waals surface area contributed by atoms with Crippen LogP contribution in [-0.4, -0.2) is 12.9 Å². The lowest BCUT2D eigenvalue weighted by Crippen LogP contribution is -2.01. The number of para-hydroxylation sites is 1. The van der Waals surface area contributed by atoms with Crippen LogP contribution in [-0.2, 0) is 0 Å². The van der Waals surface area contributed by atoms with Crippen LogP contribution in [0.1, 0.15) is 10.4 Å². The average Bonchev–Trinajstić information content (AvgIpc) is 2.15. The van der Waals surface area contributed by atoms with E-state index in [9.17, 15) is 9.18 Å². The second kappa shape index (κ2) is 4.77. The number of ether oxygens (including phenoxy) is 1. The van der Waals surface area contributed by atoms with Crippen LogP contribution in [0.15, 0.2) is 29.8 Å². The maximum Gasteiger partial charge on any atom is 0.165 e. The summed E-state index contributed by atoms with van der Waals surface area (Å²) in [5.41, 5.74) is 0.155. The Hall–Kier alpha value is -1.35. The predicted molar refractivity (Wildman–Crippen MR) is 52.3 cm³/mol. The van der Waals surface area contributed by atoms with Crippen molar-refractivity contribution in [2.24, 2.45) is 0 Å². The molecule has 0 aliphatic heterocycles. The molecule has 74 valence electrons. The molecule has 0 aliphatic carbocycles. The molecule has 0 unspecified atom stereocenters. The van der Waals surface area contributed by atoms with Crippen LogP contribution < -0.4 is 4.74 Å². The minimum absolute atomic E-state index is 0.0245. The van der Waals surface area contributed by atoms with Crippen LogP contribution in [0, 0.1) is 5.82 Å². The molecule has 2 nitrogen and oxygen atoms in total. The molecule has 0 saturated carbocycles. The van der Waals surface area contributed by atoms with Crippen LogP contribution in [0.5, 0.6) is 5.75 Å². The van der Waals surface area contributed by atoms with E-state index in [2.05, 4.69) is 6.58 Å². The van der Waals surface area contributed by atoms with E-state index in [1.807, 2.05) is 0 Å². The Labute approximate surface area is 85.9 Å². The first-order valence-electron chi connectivity index (χ1n) is 3.85. The topological polar surface area (TPSA) is 26.3 Å². The zero-order valence-electron chi connectivity index (χ0n) is 7.30. The smallest absolute Gasteiger partial charge is 0.165 e. The normalized spacial score (nSPS) is 9.57. The summed E-state index contributed by atoms with van der Waals surface area (Å²) in [5, 5.41) is 0.241. The van der Waals surface area contributed by atoms with E-state index in [0.29, 0.717) is 6.29 Å². The Morgan fingerprint density at radius 2 is 2.36 bits per heavy atom. The summed E-state index contributed by atoms with van der Waals surface area (Å²) in [6, 6.07) is 4.10. The van der Waals surface area contributed by atoms with E-state index in [1.165, 1.54) is 18.2 Å². The van der Waals surface area contributed by atoms with E-state index in [0.717, 1.165) is 0 Å². The fourth-order valence-corrected chi connectivity index (χ4v) is 0.976. The maximum absolute atomic E-state index is 13.1. The molecular weight excluding hydrogens is 207 g/mol. The molecule has 1 rings (SSSR count). The Morgan fingerprint density at radius 1 is 1.64 bits per heavy atom. The highest BCUT2D eigenvalue weighted by molar-refractivity contribution is 6.29. The first-order valence-corrected chi connectivity index (χ1v) is 4.22.